The second-order valence-corrected chi connectivity index (χ2v) is 12.3. The SMILES string of the molecule is CCC1CCCN1c1nc2cc([C@@H]3CCCCN3C(=O)c3cc(Cl)ccc3NS(C)(=O)=O)nn2cc1C. The predicted octanol–water partition coefficient (Wildman–Crippen LogP) is 4.81. The van der Waals surface area contributed by atoms with Crippen molar-refractivity contribution in [3.8, 4) is 0 Å². The number of nitrogens with zero attached hydrogens (tertiary/aromatic N) is 5. The molecule has 1 unspecified atom stereocenters. The number of nitrogens with one attached hydrogen (secondary N) is 1. The standard InChI is InChI=1S/C26H33ClN6O3S/c1-4-19-8-7-13-31(19)25-17(2)16-33-24(28-25)15-22(29-33)23-9-5-6-12-32(23)26(34)20-14-18(27)10-11-21(20)30-37(3,35)36/h10-11,14-16,19,23,30H,4-9,12-13H2,1-3H3/t19?,23-/m0/s1. The van der Waals surface area contributed by atoms with E-state index in [1.807, 2.05) is 12.3 Å². The van der Waals surface area contributed by atoms with E-state index in [0.717, 1.165) is 61.2 Å². The number of amides is 1. The summed E-state index contributed by atoms with van der Waals surface area (Å²) in [5.41, 5.74) is 3.07. The Labute approximate surface area is 222 Å². The van der Waals surface area contributed by atoms with Gasteiger partial charge < -0.3 is 9.80 Å². The fraction of sp³-hybridized carbons (Fsp3) is 0.500. The normalized spacial score (nSPS) is 20.5. The molecule has 2 fully saturated rings. The van der Waals surface area contributed by atoms with Crippen molar-refractivity contribution in [2.45, 2.75) is 64.5 Å². The third-order valence-electron chi connectivity index (χ3n) is 7.36. The van der Waals surface area contributed by atoms with Crippen LogP contribution in [0.25, 0.3) is 5.65 Å². The summed E-state index contributed by atoms with van der Waals surface area (Å²) < 4.78 is 28.1. The summed E-state index contributed by atoms with van der Waals surface area (Å²) in [6.45, 7) is 5.85. The van der Waals surface area contributed by atoms with Gasteiger partial charge in [0, 0.05) is 42.0 Å². The van der Waals surface area contributed by atoms with E-state index < -0.39 is 10.0 Å². The van der Waals surface area contributed by atoms with Crippen molar-refractivity contribution in [2.75, 3.05) is 29.0 Å². The van der Waals surface area contributed by atoms with Gasteiger partial charge in [-0.25, -0.2) is 17.9 Å². The molecule has 5 rings (SSSR count). The molecule has 2 aromatic heterocycles. The highest BCUT2D eigenvalue weighted by Crippen LogP contribution is 2.35. The molecular weight excluding hydrogens is 512 g/mol. The van der Waals surface area contributed by atoms with Crippen LogP contribution in [-0.2, 0) is 10.0 Å². The Kier molecular flexibility index (Phi) is 7.06. The molecule has 37 heavy (non-hydrogen) atoms. The van der Waals surface area contributed by atoms with E-state index in [9.17, 15) is 13.2 Å². The molecule has 2 aliphatic heterocycles. The van der Waals surface area contributed by atoms with Gasteiger partial charge in [0.2, 0.25) is 10.0 Å². The lowest BCUT2D eigenvalue weighted by atomic mass is 9.98. The minimum absolute atomic E-state index is 0.217. The second kappa shape index (κ2) is 10.1. The third-order valence-corrected chi connectivity index (χ3v) is 8.18. The number of hydrogen-bond acceptors (Lipinski definition) is 6. The number of anilines is 2. The van der Waals surface area contributed by atoms with Gasteiger partial charge in [-0.15, -0.1) is 0 Å². The Hall–Kier alpha value is -2.85. The lowest BCUT2D eigenvalue weighted by Gasteiger charge is -2.35. The van der Waals surface area contributed by atoms with Gasteiger partial charge >= 0.3 is 0 Å². The molecule has 3 aromatic rings. The van der Waals surface area contributed by atoms with Gasteiger partial charge in [-0.1, -0.05) is 18.5 Å². The van der Waals surface area contributed by atoms with Crippen LogP contribution in [0.15, 0.2) is 30.5 Å². The maximum Gasteiger partial charge on any atom is 0.256 e. The number of aromatic nitrogens is 3. The first kappa shape index (κ1) is 25.8. The number of carbonyl (C=O) groups is 1. The second-order valence-electron chi connectivity index (χ2n) is 10.1. The molecule has 2 aliphatic rings. The summed E-state index contributed by atoms with van der Waals surface area (Å²) in [6.07, 6.45) is 9.13. The van der Waals surface area contributed by atoms with Crippen LogP contribution < -0.4 is 9.62 Å². The first-order valence-corrected chi connectivity index (χ1v) is 15.1. The zero-order chi connectivity index (χ0) is 26.3. The summed E-state index contributed by atoms with van der Waals surface area (Å²) in [5.74, 6) is 0.735. The van der Waals surface area contributed by atoms with E-state index in [1.54, 1.807) is 15.5 Å². The van der Waals surface area contributed by atoms with Crippen molar-refractivity contribution in [3.05, 3.63) is 52.3 Å². The van der Waals surface area contributed by atoms with Crippen molar-refractivity contribution in [3.63, 3.8) is 0 Å². The van der Waals surface area contributed by atoms with Crippen LogP contribution in [0.5, 0.6) is 0 Å². The zero-order valence-corrected chi connectivity index (χ0v) is 23.0. The van der Waals surface area contributed by atoms with Gasteiger partial charge in [-0.05, 0) is 63.6 Å². The van der Waals surface area contributed by atoms with Crippen LogP contribution in [0.2, 0.25) is 5.02 Å². The molecule has 0 aliphatic carbocycles. The number of aryl methyl sites for hydroxylation is 1. The first-order chi connectivity index (χ1) is 17.6. The van der Waals surface area contributed by atoms with Crippen molar-refractivity contribution >= 4 is 44.7 Å². The Morgan fingerprint density at radius 1 is 1.16 bits per heavy atom. The molecule has 0 saturated carbocycles. The van der Waals surface area contributed by atoms with Crippen molar-refractivity contribution in [2.24, 2.45) is 0 Å². The molecular formula is C26H33ClN6O3S. The summed E-state index contributed by atoms with van der Waals surface area (Å²) in [7, 11) is -3.57. The zero-order valence-electron chi connectivity index (χ0n) is 21.4. The summed E-state index contributed by atoms with van der Waals surface area (Å²) in [4.78, 5) is 23.0. The maximum absolute atomic E-state index is 13.8. The van der Waals surface area contributed by atoms with Crippen molar-refractivity contribution in [1.82, 2.24) is 19.5 Å². The van der Waals surface area contributed by atoms with Gasteiger partial charge in [0.05, 0.1) is 29.2 Å². The number of hydrogen-bond donors (Lipinski definition) is 1. The Balaban J connectivity index is 1.49. The lowest BCUT2D eigenvalue weighted by Crippen LogP contribution is -2.39. The molecule has 0 radical (unpaired) electrons. The smallest absolute Gasteiger partial charge is 0.256 e. The number of fused-ring (bicyclic) bond motifs is 1. The van der Waals surface area contributed by atoms with Crippen LogP contribution in [0.4, 0.5) is 11.5 Å². The third kappa shape index (κ3) is 5.27. The number of benzene rings is 1. The minimum atomic E-state index is -3.57. The molecule has 2 saturated heterocycles. The highest BCUT2D eigenvalue weighted by atomic mass is 35.5. The molecule has 1 N–H and O–H groups in total. The van der Waals surface area contributed by atoms with Crippen LogP contribution >= 0.6 is 11.6 Å². The van der Waals surface area contributed by atoms with Gasteiger partial charge in [0.15, 0.2) is 5.65 Å². The molecule has 198 valence electrons. The van der Waals surface area contributed by atoms with Crippen LogP contribution in [0.1, 0.15) is 73.1 Å². The van der Waals surface area contributed by atoms with Crippen molar-refractivity contribution in [1.29, 1.82) is 0 Å². The number of rotatable bonds is 6. The Morgan fingerprint density at radius 3 is 2.73 bits per heavy atom. The highest BCUT2D eigenvalue weighted by Gasteiger charge is 2.33. The van der Waals surface area contributed by atoms with E-state index in [2.05, 4.69) is 23.5 Å². The topological polar surface area (TPSA) is 99.9 Å². The largest absolute Gasteiger partial charge is 0.353 e. The maximum atomic E-state index is 13.8. The van der Waals surface area contributed by atoms with Crippen LogP contribution in [0, 0.1) is 6.92 Å². The summed E-state index contributed by atoms with van der Waals surface area (Å²) in [5, 5.41) is 5.20. The average molecular weight is 545 g/mol. The molecule has 2 atom stereocenters. The van der Waals surface area contributed by atoms with E-state index in [0.29, 0.717) is 17.6 Å². The molecule has 1 amide bonds. The molecule has 11 heteroatoms. The predicted molar refractivity (Wildman–Crippen MR) is 146 cm³/mol. The van der Waals surface area contributed by atoms with E-state index in [-0.39, 0.29) is 23.2 Å². The number of sulfonamides is 1. The lowest BCUT2D eigenvalue weighted by molar-refractivity contribution is 0.0607. The summed E-state index contributed by atoms with van der Waals surface area (Å²) >= 11 is 6.21. The van der Waals surface area contributed by atoms with Gasteiger partial charge in [-0.2, -0.15) is 5.10 Å². The van der Waals surface area contributed by atoms with Gasteiger partial charge in [0.25, 0.3) is 5.91 Å². The number of halogens is 1. The van der Waals surface area contributed by atoms with Gasteiger partial charge in [-0.3, -0.25) is 9.52 Å². The number of carbonyl (C=O) groups excluding carboxylic acids is 1. The van der Waals surface area contributed by atoms with Gasteiger partial charge in [0.1, 0.15) is 5.82 Å². The molecule has 0 bridgehead atoms. The van der Waals surface area contributed by atoms with E-state index >= 15 is 0 Å². The quantitative estimate of drug-likeness (QED) is 0.478. The first-order valence-electron chi connectivity index (χ1n) is 12.9. The number of piperidine rings is 1. The fourth-order valence-corrected chi connectivity index (χ4v) is 6.38. The Morgan fingerprint density at radius 2 is 1.97 bits per heavy atom. The highest BCUT2D eigenvalue weighted by molar-refractivity contribution is 7.92. The molecule has 9 nitrogen and oxygen atoms in total. The summed E-state index contributed by atoms with van der Waals surface area (Å²) in [6, 6.07) is 6.85. The minimum Gasteiger partial charge on any atom is -0.353 e. The Bertz CT molecular complexity index is 1440. The molecule has 1 aromatic carbocycles. The fourth-order valence-electron chi connectivity index (χ4n) is 5.63. The number of likely N-dealkylation sites (tertiary alicyclic amines) is 1. The van der Waals surface area contributed by atoms with Crippen LogP contribution in [0.3, 0.4) is 0 Å². The van der Waals surface area contributed by atoms with E-state index in [1.165, 1.54) is 25.0 Å². The monoisotopic (exact) mass is 544 g/mol. The van der Waals surface area contributed by atoms with Crippen molar-refractivity contribution < 1.29 is 13.2 Å². The molecule has 4 heterocycles. The average Bonchev–Trinajstić information content (AvgIpc) is 3.49. The van der Waals surface area contributed by atoms with E-state index in [4.69, 9.17) is 21.7 Å². The van der Waals surface area contributed by atoms with Crippen LogP contribution in [-0.4, -0.2) is 59.2 Å². The molecule has 0 spiro atoms.